The molecule has 128 valence electrons. The summed E-state index contributed by atoms with van der Waals surface area (Å²) >= 11 is 17.9. The Morgan fingerprint density at radius 2 is 1.54 bits per heavy atom. The zero-order chi connectivity index (χ0) is 17.9. The summed E-state index contributed by atoms with van der Waals surface area (Å²) in [5, 5.41) is 3.10. The molecule has 2 aromatic rings. The minimum absolute atomic E-state index is 0.0715. The third-order valence-corrected chi connectivity index (χ3v) is 6.05. The van der Waals surface area contributed by atoms with E-state index in [1.165, 1.54) is 19.2 Å². The Morgan fingerprint density at radius 1 is 1.00 bits per heavy atom. The molecule has 0 aliphatic carbocycles. The van der Waals surface area contributed by atoms with Gasteiger partial charge in [-0.25, -0.2) is 8.42 Å². The van der Waals surface area contributed by atoms with Gasteiger partial charge in [-0.05, 0) is 24.3 Å². The number of sulfonamides is 1. The van der Waals surface area contributed by atoms with Crippen molar-refractivity contribution in [1.82, 2.24) is 4.31 Å². The Balaban J connectivity index is 2.16. The first-order valence-corrected chi connectivity index (χ1v) is 9.25. The van der Waals surface area contributed by atoms with E-state index in [2.05, 4.69) is 5.32 Å². The van der Waals surface area contributed by atoms with Crippen LogP contribution < -0.4 is 5.32 Å². The molecule has 0 saturated carbocycles. The highest BCUT2D eigenvalue weighted by atomic mass is 35.5. The number of halogens is 3. The van der Waals surface area contributed by atoms with Gasteiger partial charge in [-0.15, -0.1) is 0 Å². The lowest BCUT2D eigenvalue weighted by Crippen LogP contribution is -2.35. The van der Waals surface area contributed by atoms with E-state index < -0.39 is 22.5 Å². The molecule has 0 saturated heterocycles. The minimum atomic E-state index is -3.90. The van der Waals surface area contributed by atoms with Gasteiger partial charge in [0.15, 0.2) is 0 Å². The molecular formula is C15H13Cl3N2O3S. The Labute approximate surface area is 155 Å². The highest BCUT2D eigenvalue weighted by Crippen LogP contribution is 2.30. The average molecular weight is 408 g/mol. The van der Waals surface area contributed by atoms with Gasteiger partial charge in [0, 0.05) is 7.05 Å². The largest absolute Gasteiger partial charge is 0.322 e. The van der Waals surface area contributed by atoms with E-state index in [4.69, 9.17) is 34.8 Å². The second-order valence-corrected chi connectivity index (χ2v) is 8.07. The number of amides is 1. The number of nitrogens with zero attached hydrogens (tertiary/aromatic N) is 1. The fourth-order valence-corrected chi connectivity index (χ4v) is 4.01. The van der Waals surface area contributed by atoms with Gasteiger partial charge in [0.1, 0.15) is 4.90 Å². The average Bonchev–Trinajstić information content (AvgIpc) is 2.51. The first kappa shape index (κ1) is 19.0. The maximum atomic E-state index is 12.5. The van der Waals surface area contributed by atoms with Crippen LogP contribution in [0.5, 0.6) is 0 Å². The van der Waals surface area contributed by atoms with Crippen LogP contribution >= 0.6 is 34.8 Å². The van der Waals surface area contributed by atoms with Crippen LogP contribution in [0.3, 0.4) is 0 Å². The quantitative estimate of drug-likeness (QED) is 0.817. The molecule has 0 bridgehead atoms. The maximum absolute atomic E-state index is 12.5. The van der Waals surface area contributed by atoms with E-state index in [1.807, 2.05) is 0 Å². The number of carbonyl (C=O) groups is 1. The van der Waals surface area contributed by atoms with Gasteiger partial charge in [0.05, 0.1) is 27.3 Å². The lowest BCUT2D eigenvalue weighted by atomic mass is 10.3. The minimum Gasteiger partial charge on any atom is -0.322 e. The van der Waals surface area contributed by atoms with E-state index in [1.54, 1.807) is 30.3 Å². The number of benzene rings is 2. The monoisotopic (exact) mass is 406 g/mol. The third kappa shape index (κ3) is 4.20. The molecule has 2 aromatic carbocycles. The van der Waals surface area contributed by atoms with Crippen molar-refractivity contribution in [3.63, 3.8) is 0 Å². The first-order chi connectivity index (χ1) is 11.2. The van der Waals surface area contributed by atoms with Gasteiger partial charge in [0.2, 0.25) is 15.9 Å². The number of carbonyl (C=O) groups excluding carboxylic acids is 1. The topological polar surface area (TPSA) is 66.5 Å². The lowest BCUT2D eigenvalue weighted by molar-refractivity contribution is -0.116. The lowest BCUT2D eigenvalue weighted by Gasteiger charge is -2.18. The van der Waals surface area contributed by atoms with Crippen molar-refractivity contribution in [2.24, 2.45) is 0 Å². The molecule has 0 heterocycles. The summed E-state index contributed by atoms with van der Waals surface area (Å²) in [7, 11) is -2.62. The number of nitrogens with one attached hydrogen (secondary N) is 1. The van der Waals surface area contributed by atoms with E-state index >= 15 is 0 Å². The first-order valence-electron chi connectivity index (χ1n) is 6.68. The van der Waals surface area contributed by atoms with Crippen molar-refractivity contribution >= 4 is 56.4 Å². The molecule has 2 rings (SSSR count). The Morgan fingerprint density at radius 3 is 2.12 bits per heavy atom. The summed E-state index contributed by atoms with van der Waals surface area (Å²) in [6.07, 6.45) is 0. The molecule has 1 amide bonds. The van der Waals surface area contributed by atoms with Gasteiger partial charge < -0.3 is 5.32 Å². The van der Waals surface area contributed by atoms with Crippen molar-refractivity contribution < 1.29 is 13.2 Å². The molecule has 0 radical (unpaired) electrons. The molecule has 0 unspecified atom stereocenters. The summed E-state index contributed by atoms with van der Waals surface area (Å²) in [6.45, 7) is -0.422. The summed E-state index contributed by atoms with van der Waals surface area (Å²) in [5.74, 6) is -0.580. The number of likely N-dealkylation sites (N-methyl/N-ethyl adjacent to an activating group) is 1. The summed E-state index contributed by atoms with van der Waals surface area (Å²) in [6, 6.07) is 10.8. The molecule has 0 aromatic heterocycles. The van der Waals surface area contributed by atoms with Gasteiger partial charge in [-0.2, -0.15) is 4.31 Å². The van der Waals surface area contributed by atoms with Gasteiger partial charge in [-0.1, -0.05) is 53.0 Å². The number of hydrogen-bond acceptors (Lipinski definition) is 3. The van der Waals surface area contributed by atoms with Crippen molar-refractivity contribution in [3.8, 4) is 0 Å². The summed E-state index contributed by atoms with van der Waals surface area (Å²) in [5.41, 5.74) is 0.231. The van der Waals surface area contributed by atoms with Gasteiger partial charge in [0.25, 0.3) is 0 Å². The van der Waals surface area contributed by atoms with Gasteiger partial charge in [-0.3, -0.25) is 4.79 Å². The summed E-state index contributed by atoms with van der Waals surface area (Å²) in [4.78, 5) is 12.1. The standard InChI is InChI=1S/C15H13Cl3N2O3S/c1-20(24(22,23)13-8-3-2-5-10(13)16)9-14(21)19-15-11(17)6-4-7-12(15)18/h2-8H,9H2,1H3,(H,19,21). The smallest absolute Gasteiger partial charge is 0.244 e. The number of hydrogen-bond donors (Lipinski definition) is 1. The molecule has 0 aliphatic rings. The van der Waals surface area contributed by atoms with E-state index in [9.17, 15) is 13.2 Å². The normalized spacial score (nSPS) is 11.5. The Bertz CT molecular complexity index is 852. The predicted octanol–water partition coefficient (Wildman–Crippen LogP) is 3.91. The molecule has 0 spiro atoms. The highest BCUT2D eigenvalue weighted by molar-refractivity contribution is 7.89. The van der Waals surface area contributed by atoms with Crippen LogP contribution in [0, 0.1) is 0 Å². The van der Waals surface area contributed by atoms with Crippen LogP contribution in [0.2, 0.25) is 15.1 Å². The van der Waals surface area contributed by atoms with E-state index in [0.717, 1.165) is 4.31 Å². The molecule has 9 heteroatoms. The van der Waals surface area contributed by atoms with Crippen LogP contribution in [0.25, 0.3) is 0 Å². The fourth-order valence-electron chi connectivity index (χ4n) is 1.91. The van der Waals surface area contributed by atoms with Crippen molar-refractivity contribution in [2.75, 3.05) is 18.9 Å². The van der Waals surface area contributed by atoms with Gasteiger partial charge >= 0.3 is 0 Å². The second-order valence-electron chi connectivity index (χ2n) is 4.84. The van der Waals surface area contributed by atoms with Crippen LogP contribution in [-0.2, 0) is 14.8 Å². The van der Waals surface area contributed by atoms with Crippen molar-refractivity contribution in [3.05, 3.63) is 57.5 Å². The fraction of sp³-hybridized carbons (Fsp3) is 0.133. The third-order valence-electron chi connectivity index (χ3n) is 3.12. The molecule has 1 N–H and O–H groups in total. The molecule has 0 aliphatic heterocycles. The predicted molar refractivity (Wildman–Crippen MR) is 96.4 cm³/mol. The Hall–Kier alpha value is -1.31. The van der Waals surface area contributed by atoms with Crippen LogP contribution in [0.15, 0.2) is 47.4 Å². The number of anilines is 1. The molecular weight excluding hydrogens is 395 g/mol. The zero-order valence-electron chi connectivity index (χ0n) is 12.5. The number of para-hydroxylation sites is 1. The highest BCUT2D eigenvalue weighted by Gasteiger charge is 2.25. The summed E-state index contributed by atoms with van der Waals surface area (Å²) < 4.78 is 25.9. The van der Waals surface area contributed by atoms with Crippen LogP contribution in [-0.4, -0.2) is 32.2 Å². The second kappa shape index (κ2) is 7.72. The van der Waals surface area contributed by atoms with E-state index in [0.29, 0.717) is 0 Å². The van der Waals surface area contributed by atoms with Crippen molar-refractivity contribution in [2.45, 2.75) is 4.90 Å². The molecule has 5 nitrogen and oxygen atoms in total. The van der Waals surface area contributed by atoms with Crippen LogP contribution in [0.1, 0.15) is 0 Å². The Kier molecular flexibility index (Phi) is 6.11. The molecule has 24 heavy (non-hydrogen) atoms. The van der Waals surface area contributed by atoms with Crippen molar-refractivity contribution in [1.29, 1.82) is 0 Å². The maximum Gasteiger partial charge on any atom is 0.244 e. The molecule has 0 atom stereocenters. The molecule has 0 fully saturated rings. The van der Waals surface area contributed by atoms with Crippen LogP contribution in [0.4, 0.5) is 5.69 Å². The zero-order valence-corrected chi connectivity index (χ0v) is 15.5. The SMILES string of the molecule is CN(CC(=O)Nc1c(Cl)cccc1Cl)S(=O)(=O)c1ccccc1Cl. The van der Waals surface area contributed by atoms with E-state index in [-0.39, 0.29) is 25.7 Å². The number of rotatable bonds is 5.